The highest BCUT2D eigenvalue weighted by atomic mass is 79.9. The summed E-state index contributed by atoms with van der Waals surface area (Å²) >= 11 is 7.39. The Morgan fingerprint density at radius 2 is 2.12 bits per heavy atom. The zero-order valence-electron chi connectivity index (χ0n) is 10.2. The molecule has 1 aromatic rings. The summed E-state index contributed by atoms with van der Waals surface area (Å²) in [4.78, 5) is 0.383. The molecule has 1 nitrogen and oxygen atoms in total. The van der Waals surface area contributed by atoms with Crippen molar-refractivity contribution in [2.45, 2.75) is 31.5 Å². The van der Waals surface area contributed by atoms with E-state index in [-0.39, 0.29) is 0 Å². The van der Waals surface area contributed by atoms with Crippen LogP contribution in [0, 0.1) is 11.8 Å². The standard InChI is InChI=1S/C14H18Br2O/c1-3-17-13-7-6-11(15)8-12(13)14(16)9(2)10-4-5-10/h6-10,14H,3-5H2,1-2H3. The Labute approximate surface area is 120 Å². The van der Waals surface area contributed by atoms with Gasteiger partial charge in [0.15, 0.2) is 0 Å². The van der Waals surface area contributed by atoms with E-state index in [4.69, 9.17) is 4.74 Å². The maximum absolute atomic E-state index is 5.71. The predicted molar refractivity (Wildman–Crippen MR) is 78.9 cm³/mol. The summed E-state index contributed by atoms with van der Waals surface area (Å²) in [6.07, 6.45) is 2.75. The monoisotopic (exact) mass is 360 g/mol. The van der Waals surface area contributed by atoms with Crippen LogP contribution in [-0.4, -0.2) is 6.61 Å². The SMILES string of the molecule is CCOc1ccc(Br)cc1C(Br)C(C)C1CC1. The first-order chi connectivity index (χ1) is 8.13. The highest BCUT2D eigenvalue weighted by molar-refractivity contribution is 9.10. The van der Waals surface area contributed by atoms with E-state index in [1.54, 1.807) is 0 Å². The summed E-state index contributed by atoms with van der Waals surface area (Å²) in [5, 5.41) is 0. The first-order valence-corrected chi connectivity index (χ1v) is 7.90. The second kappa shape index (κ2) is 5.75. The highest BCUT2D eigenvalue weighted by Gasteiger charge is 2.33. The van der Waals surface area contributed by atoms with E-state index >= 15 is 0 Å². The van der Waals surface area contributed by atoms with Gasteiger partial charge in [0, 0.05) is 14.9 Å². The maximum atomic E-state index is 5.71. The summed E-state index contributed by atoms with van der Waals surface area (Å²) in [6, 6.07) is 6.26. The lowest BCUT2D eigenvalue weighted by molar-refractivity contribution is 0.333. The Morgan fingerprint density at radius 1 is 1.41 bits per heavy atom. The van der Waals surface area contributed by atoms with Crippen molar-refractivity contribution >= 4 is 31.9 Å². The normalized spacial score (nSPS) is 18.8. The van der Waals surface area contributed by atoms with E-state index in [9.17, 15) is 0 Å². The molecule has 0 heterocycles. The van der Waals surface area contributed by atoms with Crippen LogP contribution in [0.3, 0.4) is 0 Å². The topological polar surface area (TPSA) is 9.23 Å². The van der Waals surface area contributed by atoms with Gasteiger partial charge in [-0.2, -0.15) is 0 Å². The number of rotatable bonds is 5. The van der Waals surface area contributed by atoms with Gasteiger partial charge in [0.05, 0.1) is 6.61 Å². The van der Waals surface area contributed by atoms with E-state index in [1.807, 2.05) is 13.0 Å². The molecule has 0 saturated heterocycles. The fourth-order valence-electron chi connectivity index (χ4n) is 2.17. The molecule has 1 aliphatic rings. The molecular formula is C14H18Br2O. The number of alkyl halides is 1. The number of benzene rings is 1. The van der Waals surface area contributed by atoms with Gasteiger partial charge in [0.2, 0.25) is 0 Å². The molecule has 0 radical (unpaired) electrons. The average Bonchev–Trinajstić information content (AvgIpc) is 3.14. The molecule has 0 aromatic heterocycles. The van der Waals surface area contributed by atoms with Crippen LogP contribution < -0.4 is 4.74 Å². The van der Waals surface area contributed by atoms with Crippen LogP contribution in [0.25, 0.3) is 0 Å². The Hall–Kier alpha value is -0.0200. The summed E-state index contributed by atoms with van der Waals surface area (Å²) < 4.78 is 6.83. The van der Waals surface area contributed by atoms with Crippen molar-refractivity contribution in [1.29, 1.82) is 0 Å². The molecule has 3 heteroatoms. The van der Waals surface area contributed by atoms with Gasteiger partial charge < -0.3 is 4.74 Å². The molecule has 1 aromatic carbocycles. The minimum atomic E-state index is 0.383. The van der Waals surface area contributed by atoms with Gasteiger partial charge in [0.1, 0.15) is 5.75 Å². The molecule has 17 heavy (non-hydrogen) atoms. The number of hydrogen-bond acceptors (Lipinski definition) is 1. The van der Waals surface area contributed by atoms with Crippen molar-refractivity contribution in [3.63, 3.8) is 0 Å². The number of hydrogen-bond donors (Lipinski definition) is 0. The van der Waals surface area contributed by atoms with Crippen molar-refractivity contribution in [3.8, 4) is 5.75 Å². The Morgan fingerprint density at radius 3 is 2.71 bits per heavy atom. The van der Waals surface area contributed by atoms with Crippen LogP contribution in [0.1, 0.15) is 37.1 Å². The highest BCUT2D eigenvalue weighted by Crippen LogP contribution is 2.48. The van der Waals surface area contributed by atoms with Crippen molar-refractivity contribution in [2.24, 2.45) is 11.8 Å². The fourth-order valence-corrected chi connectivity index (χ4v) is 3.33. The van der Waals surface area contributed by atoms with Gasteiger partial charge in [-0.25, -0.2) is 0 Å². The zero-order valence-corrected chi connectivity index (χ0v) is 13.4. The summed E-state index contributed by atoms with van der Waals surface area (Å²) in [5.41, 5.74) is 1.26. The minimum Gasteiger partial charge on any atom is -0.494 e. The molecule has 2 rings (SSSR count). The van der Waals surface area contributed by atoms with Crippen molar-refractivity contribution in [1.82, 2.24) is 0 Å². The third kappa shape index (κ3) is 3.25. The molecule has 1 fully saturated rings. The van der Waals surface area contributed by atoms with Crippen LogP contribution >= 0.6 is 31.9 Å². The van der Waals surface area contributed by atoms with Crippen molar-refractivity contribution < 1.29 is 4.74 Å². The van der Waals surface area contributed by atoms with E-state index < -0.39 is 0 Å². The van der Waals surface area contributed by atoms with Crippen molar-refractivity contribution in [3.05, 3.63) is 28.2 Å². The quantitative estimate of drug-likeness (QED) is 0.644. The second-order valence-electron chi connectivity index (χ2n) is 4.71. The molecular weight excluding hydrogens is 344 g/mol. The smallest absolute Gasteiger partial charge is 0.123 e. The molecule has 0 N–H and O–H groups in total. The predicted octanol–water partition coefficient (Wildman–Crippen LogP) is 5.33. The largest absolute Gasteiger partial charge is 0.494 e. The van der Waals surface area contributed by atoms with Crippen molar-refractivity contribution in [2.75, 3.05) is 6.61 Å². The lowest BCUT2D eigenvalue weighted by atomic mass is 9.96. The Bertz CT molecular complexity index is 388. The third-order valence-electron chi connectivity index (χ3n) is 3.40. The molecule has 0 bridgehead atoms. The van der Waals surface area contributed by atoms with E-state index in [1.165, 1.54) is 18.4 Å². The van der Waals surface area contributed by atoms with E-state index in [0.717, 1.165) is 16.1 Å². The van der Waals surface area contributed by atoms with E-state index in [0.29, 0.717) is 17.4 Å². The first-order valence-electron chi connectivity index (χ1n) is 6.19. The van der Waals surface area contributed by atoms with Crippen LogP contribution in [0.2, 0.25) is 0 Å². The molecule has 2 atom stereocenters. The Kier molecular flexibility index (Phi) is 4.53. The third-order valence-corrected chi connectivity index (χ3v) is 5.22. The molecule has 0 spiro atoms. The van der Waals surface area contributed by atoms with Gasteiger partial charge in [-0.3, -0.25) is 0 Å². The summed E-state index contributed by atoms with van der Waals surface area (Å²) in [5.74, 6) is 2.56. The molecule has 0 aliphatic heterocycles. The second-order valence-corrected chi connectivity index (χ2v) is 6.62. The van der Waals surface area contributed by atoms with Crippen LogP contribution in [0.4, 0.5) is 0 Å². The lowest BCUT2D eigenvalue weighted by Crippen LogP contribution is -2.08. The lowest BCUT2D eigenvalue weighted by Gasteiger charge is -2.21. The van der Waals surface area contributed by atoms with Crippen LogP contribution in [-0.2, 0) is 0 Å². The summed E-state index contributed by atoms with van der Waals surface area (Å²) in [6.45, 7) is 5.07. The first kappa shape index (κ1) is 13.4. The number of ether oxygens (including phenoxy) is 1. The van der Waals surface area contributed by atoms with Gasteiger partial charge in [-0.05, 0) is 49.8 Å². The van der Waals surface area contributed by atoms with Crippen LogP contribution in [0.5, 0.6) is 5.75 Å². The molecule has 1 aliphatic carbocycles. The fraction of sp³-hybridized carbons (Fsp3) is 0.571. The molecule has 0 amide bonds. The zero-order chi connectivity index (χ0) is 12.4. The Balaban J connectivity index is 2.24. The van der Waals surface area contributed by atoms with Gasteiger partial charge in [0.25, 0.3) is 0 Å². The summed E-state index contributed by atoms with van der Waals surface area (Å²) in [7, 11) is 0. The van der Waals surface area contributed by atoms with E-state index in [2.05, 4.69) is 50.9 Å². The molecule has 1 saturated carbocycles. The van der Waals surface area contributed by atoms with Gasteiger partial charge >= 0.3 is 0 Å². The number of halogens is 2. The average molecular weight is 362 g/mol. The molecule has 94 valence electrons. The van der Waals surface area contributed by atoms with Crippen LogP contribution in [0.15, 0.2) is 22.7 Å². The molecule has 2 unspecified atom stereocenters. The maximum Gasteiger partial charge on any atom is 0.123 e. The minimum absolute atomic E-state index is 0.383. The van der Waals surface area contributed by atoms with Gasteiger partial charge in [-0.1, -0.05) is 38.8 Å². The van der Waals surface area contributed by atoms with Gasteiger partial charge in [-0.15, -0.1) is 0 Å².